The highest BCUT2D eigenvalue weighted by Gasteiger charge is 2.40. The standard InChI is InChI=1S/C28H34N4O2S/c33-26(30-15-7-8-16-30)19-31-18-20(23-13-5-6-14-24(23)31)17-25-27(34)32(22-11-3-4-12-22)28(35-25)29-21-9-1-2-10-21/h5-6,13-14,17-18,21-22H,1-4,7-12,15-16,19H2/b25-17-,29-28?. The average molecular weight is 491 g/mol. The maximum atomic E-state index is 13.7. The van der Waals surface area contributed by atoms with Crippen LogP contribution < -0.4 is 0 Å². The first kappa shape index (κ1) is 22.9. The summed E-state index contributed by atoms with van der Waals surface area (Å²) in [5.74, 6) is 0.274. The van der Waals surface area contributed by atoms with Crippen LogP contribution in [0.1, 0.15) is 69.8 Å². The van der Waals surface area contributed by atoms with Gasteiger partial charge in [-0.1, -0.05) is 43.9 Å². The lowest BCUT2D eigenvalue weighted by Crippen LogP contribution is -2.38. The minimum Gasteiger partial charge on any atom is -0.341 e. The van der Waals surface area contributed by atoms with E-state index >= 15 is 0 Å². The van der Waals surface area contributed by atoms with Gasteiger partial charge in [0.25, 0.3) is 5.91 Å². The predicted molar refractivity (Wildman–Crippen MR) is 142 cm³/mol. The summed E-state index contributed by atoms with van der Waals surface area (Å²) in [7, 11) is 0. The highest BCUT2D eigenvalue weighted by atomic mass is 32.2. The molecule has 184 valence electrons. The third kappa shape index (κ3) is 4.55. The van der Waals surface area contributed by atoms with Gasteiger partial charge in [-0.15, -0.1) is 0 Å². The number of nitrogens with zero attached hydrogens (tertiary/aromatic N) is 4. The van der Waals surface area contributed by atoms with E-state index in [0.717, 1.165) is 78.2 Å². The fourth-order valence-electron chi connectivity index (χ4n) is 6.13. The molecule has 2 amide bonds. The van der Waals surface area contributed by atoms with Gasteiger partial charge in [0.1, 0.15) is 6.54 Å². The molecule has 0 radical (unpaired) electrons. The van der Waals surface area contributed by atoms with E-state index in [1.807, 2.05) is 34.2 Å². The van der Waals surface area contributed by atoms with Crippen molar-refractivity contribution in [1.29, 1.82) is 0 Å². The van der Waals surface area contributed by atoms with E-state index in [1.54, 1.807) is 11.8 Å². The summed E-state index contributed by atoms with van der Waals surface area (Å²) in [4.78, 5) is 36.3. The molecule has 2 aliphatic carbocycles. The molecular weight excluding hydrogens is 456 g/mol. The molecule has 2 saturated heterocycles. The molecule has 2 saturated carbocycles. The SMILES string of the molecule is O=C(Cn1cc(/C=C2\SC(=NC3CCCC3)N(C3CCCC3)C2=O)c2ccccc21)N1CCCC1. The van der Waals surface area contributed by atoms with Crippen LogP contribution in [0.3, 0.4) is 0 Å². The summed E-state index contributed by atoms with van der Waals surface area (Å²) in [5.41, 5.74) is 2.04. The van der Waals surface area contributed by atoms with Gasteiger partial charge in [0.15, 0.2) is 5.17 Å². The van der Waals surface area contributed by atoms with Gasteiger partial charge in [-0.2, -0.15) is 0 Å². The number of aliphatic imine (C=N–C) groups is 1. The zero-order valence-electron chi connectivity index (χ0n) is 20.3. The molecule has 6 nitrogen and oxygen atoms in total. The van der Waals surface area contributed by atoms with Crippen LogP contribution in [0.25, 0.3) is 17.0 Å². The van der Waals surface area contributed by atoms with Crippen LogP contribution in [0.4, 0.5) is 0 Å². The van der Waals surface area contributed by atoms with Gasteiger partial charge >= 0.3 is 0 Å². The highest BCUT2D eigenvalue weighted by Crippen LogP contribution is 2.39. The summed E-state index contributed by atoms with van der Waals surface area (Å²) in [6, 6.07) is 8.83. The van der Waals surface area contributed by atoms with Crippen LogP contribution in [0.5, 0.6) is 0 Å². The molecule has 6 rings (SSSR count). The fourth-order valence-corrected chi connectivity index (χ4v) is 7.23. The number of fused-ring (bicyclic) bond motifs is 1. The van der Waals surface area contributed by atoms with Gasteiger partial charge in [-0.3, -0.25) is 19.5 Å². The second-order valence-corrected chi connectivity index (χ2v) is 11.4. The molecule has 4 aliphatic rings. The van der Waals surface area contributed by atoms with Crippen molar-refractivity contribution in [3.8, 4) is 0 Å². The number of carbonyl (C=O) groups is 2. The number of thioether (sulfide) groups is 1. The number of aromatic nitrogens is 1. The number of rotatable bonds is 5. The van der Waals surface area contributed by atoms with E-state index in [-0.39, 0.29) is 17.9 Å². The number of benzene rings is 1. The first-order valence-electron chi connectivity index (χ1n) is 13.3. The van der Waals surface area contributed by atoms with E-state index < -0.39 is 0 Å². The molecular formula is C28H34N4O2S. The Morgan fingerprint density at radius 3 is 2.49 bits per heavy atom. The molecule has 0 bridgehead atoms. The normalized spacial score (nSPS) is 24.3. The zero-order valence-corrected chi connectivity index (χ0v) is 21.1. The molecule has 2 aliphatic heterocycles. The minimum atomic E-state index is 0.101. The third-order valence-electron chi connectivity index (χ3n) is 8.01. The molecule has 0 N–H and O–H groups in total. The quantitative estimate of drug-likeness (QED) is 0.526. The monoisotopic (exact) mass is 490 g/mol. The van der Waals surface area contributed by atoms with Gasteiger partial charge in [0.2, 0.25) is 5.91 Å². The molecule has 0 spiro atoms. The number of amidine groups is 1. The first-order chi connectivity index (χ1) is 17.2. The second-order valence-electron chi connectivity index (χ2n) is 10.4. The van der Waals surface area contributed by atoms with E-state index in [0.29, 0.717) is 12.6 Å². The lowest BCUT2D eigenvalue weighted by molar-refractivity contribution is -0.130. The molecule has 3 heterocycles. The number of amides is 2. The van der Waals surface area contributed by atoms with E-state index in [4.69, 9.17) is 4.99 Å². The number of carbonyl (C=O) groups excluding carboxylic acids is 2. The maximum Gasteiger partial charge on any atom is 0.267 e. The number of para-hydroxylation sites is 1. The maximum absolute atomic E-state index is 13.7. The van der Waals surface area contributed by atoms with Crippen molar-refractivity contribution in [2.75, 3.05) is 13.1 Å². The zero-order chi connectivity index (χ0) is 23.8. The lowest BCUT2D eigenvalue weighted by Gasteiger charge is -2.23. The molecule has 0 unspecified atom stereocenters. The molecule has 4 fully saturated rings. The van der Waals surface area contributed by atoms with E-state index in [9.17, 15) is 9.59 Å². The van der Waals surface area contributed by atoms with Crippen molar-refractivity contribution in [1.82, 2.24) is 14.4 Å². The average Bonchev–Trinajstić information content (AvgIpc) is 3.69. The Morgan fingerprint density at radius 2 is 1.71 bits per heavy atom. The van der Waals surface area contributed by atoms with Gasteiger partial charge in [0, 0.05) is 41.8 Å². The topological polar surface area (TPSA) is 57.9 Å². The van der Waals surface area contributed by atoms with Crippen molar-refractivity contribution in [2.45, 2.75) is 82.8 Å². The van der Waals surface area contributed by atoms with Crippen LogP contribution in [-0.2, 0) is 16.1 Å². The Kier molecular flexibility index (Phi) is 6.44. The van der Waals surface area contributed by atoms with Crippen molar-refractivity contribution in [3.63, 3.8) is 0 Å². The Labute approximate surface area is 211 Å². The predicted octanol–water partition coefficient (Wildman–Crippen LogP) is 5.42. The number of likely N-dealkylation sites (tertiary alicyclic amines) is 1. The van der Waals surface area contributed by atoms with Gasteiger partial charge in [-0.05, 0) is 62.4 Å². The minimum absolute atomic E-state index is 0.101. The highest BCUT2D eigenvalue weighted by molar-refractivity contribution is 8.18. The Balaban J connectivity index is 1.32. The van der Waals surface area contributed by atoms with E-state index in [1.165, 1.54) is 25.7 Å². The number of hydrogen-bond donors (Lipinski definition) is 0. The molecule has 7 heteroatoms. The Bertz CT molecular complexity index is 1180. The largest absolute Gasteiger partial charge is 0.341 e. The molecule has 1 aromatic carbocycles. The fraction of sp³-hybridized carbons (Fsp3) is 0.536. The van der Waals surface area contributed by atoms with E-state index in [2.05, 4.69) is 16.7 Å². The molecule has 35 heavy (non-hydrogen) atoms. The first-order valence-corrected chi connectivity index (χ1v) is 14.2. The summed E-state index contributed by atoms with van der Waals surface area (Å²) < 4.78 is 2.05. The Morgan fingerprint density at radius 1 is 1.00 bits per heavy atom. The van der Waals surface area contributed by atoms with Crippen LogP contribution >= 0.6 is 11.8 Å². The van der Waals surface area contributed by atoms with Crippen LogP contribution in [-0.4, -0.2) is 56.5 Å². The van der Waals surface area contributed by atoms with Crippen LogP contribution in [0, 0.1) is 0 Å². The van der Waals surface area contributed by atoms with Crippen molar-refractivity contribution in [2.24, 2.45) is 4.99 Å². The lowest BCUT2D eigenvalue weighted by atomic mass is 10.1. The summed E-state index contributed by atoms with van der Waals surface area (Å²) in [6.07, 6.45) is 15.5. The van der Waals surface area contributed by atoms with Crippen molar-refractivity contribution in [3.05, 3.63) is 40.9 Å². The summed E-state index contributed by atoms with van der Waals surface area (Å²) in [5, 5.41) is 1.99. The van der Waals surface area contributed by atoms with Gasteiger partial charge in [-0.25, -0.2) is 0 Å². The number of hydrogen-bond acceptors (Lipinski definition) is 4. The molecule has 2 aromatic rings. The van der Waals surface area contributed by atoms with Gasteiger partial charge < -0.3 is 9.47 Å². The van der Waals surface area contributed by atoms with Crippen molar-refractivity contribution < 1.29 is 9.59 Å². The Hall–Kier alpha value is -2.54. The second kappa shape index (κ2) is 9.84. The van der Waals surface area contributed by atoms with Gasteiger partial charge in [0.05, 0.1) is 10.9 Å². The molecule has 0 atom stereocenters. The summed E-state index contributed by atoms with van der Waals surface area (Å²) >= 11 is 1.55. The third-order valence-corrected chi connectivity index (χ3v) is 9.01. The molecule has 1 aromatic heterocycles. The van der Waals surface area contributed by atoms with Crippen molar-refractivity contribution >= 4 is 45.7 Å². The summed E-state index contributed by atoms with van der Waals surface area (Å²) in [6.45, 7) is 2.06. The smallest absolute Gasteiger partial charge is 0.267 e. The van der Waals surface area contributed by atoms with Crippen LogP contribution in [0.2, 0.25) is 0 Å². The van der Waals surface area contributed by atoms with Crippen LogP contribution in [0.15, 0.2) is 40.4 Å².